The highest BCUT2D eigenvalue weighted by atomic mass is 16.4. The third-order valence-corrected chi connectivity index (χ3v) is 2.92. The van der Waals surface area contributed by atoms with Gasteiger partial charge in [-0.05, 0) is 13.0 Å². The number of rotatable bonds is 9. The number of hydrogen-bond acceptors (Lipinski definition) is 3. The van der Waals surface area contributed by atoms with E-state index >= 15 is 0 Å². The third-order valence-electron chi connectivity index (χ3n) is 2.92. The molecule has 2 N–H and O–H groups in total. The summed E-state index contributed by atoms with van der Waals surface area (Å²) < 4.78 is 0. The molecule has 4 heteroatoms. The van der Waals surface area contributed by atoms with E-state index in [2.05, 4.69) is 12.2 Å². The van der Waals surface area contributed by atoms with Crippen LogP contribution in [0.5, 0.6) is 0 Å². The minimum Gasteiger partial charge on any atom is -0.481 e. The van der Waals surface area contributed by atoms with Gasteiger partial charge in [0.05, 0.1) is 12.5 Å². The molecule has 0 aliphatic heterocycles. The molecule has 0 spiro atoms. The van der Waals surface area contributed by atoms with E-state index < -0.39 is 12.0 Å². The number of carbonyl (C=O) groups is 2. The second-order valence-corrected chi connectivity index (χ2v) is 4.54. The fraction of sp³-hybridized carbons (Fsp3) is 0.467. The minimum atomic E-state index is -0.961. The van der Waals surface area contributed by atoms with E-state index in [9.17, 15) is 9.59 Å². The lowest BCUT2D eigenvalue weighted by molar-refractivity contribution is -0.137. The van der Waals surface area contributed by atoms with Crippen LogP contribution < -0.4 is 5.32 Å². The van der Waals surface area contributed by atoms with E-state index in [1.165, 1.54) is 0 Å². The molecule has 1 unspecified atom stereocenters. The number of benzene rings is 1. The number of unbranched alkanes of at least 4 members (excludes halogenated alkanes) is 2. The summed E-state index contributed by atoms with van der Waals surface area (Å²) in [5, 5.41) is 11.9. The smallest absolute Gasteiger partial charge is 0.305 e. The van der Waals surface area contributed by atoms with Gasteiger partial charge in [0.15, 0.2) is 5.78 Å². The number of carboxylic acids is 1. The van der Waals surface area contributed by atoms with Crippen LogP contribution in [0.4, 0.5) is 0 Å². The molecule has 0 fully saturated rings. The number of carbonyl (C=O) groups excluding carboxylic acids is 1. The van der Waals surface area contributed by atoms with Gasteiger partial charge in [0.2, 0.25) is 0 Å². The Kier molecular flexibility index (Phi) is 6.82. The Bertz CT molecular complexity index is 403. The number of ketones is 1. The zero-order valence-electron chi connectivity index (χ0n) is 11.3. The first kappa shape index (κ1) is 15.4. The summed E-state index contributed by atoms with van der Waals surface area (Å²) in [6.07, 6.45) is 2.94. The zero-order chi connectivity index (χ0) is 14.1. The first-order chi connectivity index (χ1) is 9.15. The molecule has 1 aromatic rings. The van der Waals surface area contributed by atoms with Crippen molar-refractivity contribution in [1.82, 2.24) is 5.32 Å². The van der Waals surface area contributed by atoms with Gasteiger partial charge in [-0.1, -0.05) is 50.1 Å². The lowest BCUT2D eigenvalue weighted by atomic mass is 10.0. The molecule has 0 aromatic heterocycles. The molecule has 0 amide bonds. The van der Waals surface area contributed by atoms with Gasteiger partial charge in [-0.15, -0.1) is 0 Å². The summed E-state index contributed by atoms with van der Waals surface area (Å²) in [6, 6.07) is 8.18. The molecule has 0 heterocycles. The van der Waals surface area contributed by atoms with Crippen LogP contribution in [0.25, 0.3) is 0 Å². The lowest BCUT2D eigenvalue weighted by Gasteiger charge is -2.15. The van der Waals surface area contributed by atoms with Crippen molar-refractivity contribution in [3.63, 3.8) is 0 Å². The molecule has 0 radical (unpaired) electrons. The van der Waals surface area contributed by atoms with Crippen LogP contribution in [0, 0.1) is 0 Å². The Hall–Kier alpha value is -1.68. The molecule has 19 heavy (non-hydrogen) atoms. The summed E-state index contributed by atoms with van der Waals surface area (Å²) in [5.41, 5.74) is 0.553. The van der Waals surface area contributed by atoms with Gasteiger partial charge in [-0.3, -0.25) is 9.59 Å². The van der Waals surface area contributed by atoms with E-state index in [-0.39, 0.29) is 12.2 Å². The fourth-order valence-electron chi connectivity index (χ4n) is 1.89. The standard InChI is InChI=1S/C15H21NO3/c1-2-3-7-10-16-13(11-14(17)18)15(19)12-8-5-4-6-9-12/h4-6,8-9,13,16H,2-3,7,10-11H2,1H3,(H,17,18). The zero-order valence-corrected chi connectivity index (χ0v) is 11.3. The number of carboxylic acid groups (broad SMARTS) is 1. The first-order valence-corrected chi connectivity index (χ1v) is 6.69. The van der Waals surface area contributed by atoms with Crippen molar-refractivity contribution < 1.29 is 14.7 Å². The molecular weight excluding hydrogens is 242 g/mol. The SMILES string of the molecule is CCCCCNC(CC(=O)O)C(=O)c1ccccc1. The van der Waals surface area contributed by atoms with Crippen LogP contribution in [0.1, 0.15) is 43.0 Å². The summed E-state index contributed by atoms with van der Waals surface area (Å²) in [4.78, 5) is 23.1. The molecule has 4 nitrogen and oxygen atoms in total. The Labute approximate surface area is 113 Å². The molecule has 0 bridgehead atoms. The molecule has 0 aliphatic rings. The monoisotopic (exact) mass is 263 g/mol. The van der Waals surface area contributed by atoms with Gasteiger partial charge in [0.1, 0.15) is 0 Å². The quantitative estimate of drug-likeness (QED) is 0.530. The summed E-state index contributed by atoms with van der Waals surface area (Å²) >= 11 is 0. The van der Waals surface area contributed by atoms with Crippen molar-refractivity contribution in [1.29, 1.82) is 0 Å². The molecular formula is C15H21NO3. The molecule has 1 rings (SSSR count). The van der Waals surface area contributed by atoms with E-state index in [0.717, 1.165) is 19.3 Å². The highest BCUT2D eigenvalue weighted by Gasteiger charge is 2.21. The maximum Gasteiger partial charge on any atom is 0.305 e. The highest BCUT2D eigenvalue weighted by molar-refractivity contribution is 6.01. The van der Waals surface area contributed by atoms with Crippen molar-refractivity contribution in [2.24, 2.45) is 0 Å². The van der Waals surface area contributed by atoms with Crippen LogP contribution in [0.2, 0.25) is 0 Å². The molecule has 0 aliphatic carbocycles. The number of aliphatic carboxylic acids is 1. The van der Waals surface area contributed by atoms with Crippen LogP contribution in [0.3, 0.4) is 0 Å². The Morgan fingerprint density at radius 3 is 2.47 bits per heavy atom. The van der Waals surface area contributed by atoms with E-state index in [1.54, 1.807) is 24.3 Å². The topological polar surface area (TPSA) is 66.4 Å². The van der Waals surface area contributed by atoms with Crippen molar-refractivity contribution >= 4 is 11.8 Å². The van der Waals surface area contributed by atoms with Crippen LogP contribution in [-0.4, -0.2) is 29.4 Å². The van der Waals surface area contributed by atoms with Crippen LogP contribution >= 0.6 is 0 Å². The fourth-order valence-corrected chi connectivity index (χ4v) is 1.89. The molecule has 1 aromatic carbocycles. The summed E-state index contributed by atoms with van der Waals surface area (Å²) in [5.74, 6) is -1.11. The Morgan fingerprint density at radius 1 is 1.21 bits per heavy atom. The first-order valence-electron chi connectivity index (χ1n) is 6.69. The molecule has 0 saturated heterocycles. The number of hydrogen-bond donors (Lipinski definition) is 2. The normalized spacial score (nSPS) is 12.1. The van der Waals surface area contributed by atoms with Crippen molar-refractivity contribution in [3.05, 3.63) is 35.9 Å². The Balaban J connectivity index is 2.62. The lowest BCUT2D eigenvalue weighted by Crippen LogP contribution is -2.39. The van der Waals surface area contributed by atoms with Crippen molar-refractivity contribution in [3.8, 4) is 0 Å². The average Bonchev–Trinajstić information content (AvgIpc) is 2.42. The number of nitrogens with one attached hydrogen (secondary N) is 1. The maximum atomic E-state index is 12.2. The minimum absolute atomic E-state index is 0.153. The van der Waals surface area contributed by atoms with Gasteiger partial charge in [0, 0.05) is 5.56 Å². The third kappa shape index (κ3) is 5.66. The van der Waals surface area contributed by atoms with Crippen molar-refractivity contribution in [2.45, 2.75) is 38.6 Å². The van der Waals surface area contributed by atoms with Gasteiger partial charge in [0.25, 0.3) is 0 Å². The summed E-state index contributed by atoms with van der Waals surface area (Å²) in [6.45, 7) is 2.77. The Morgan fingerprint density at radius 2 is 1.89 bits per heavy atom. The second kappa shape index (κ2) is 8.43. The predicted octanol–water partition coefficient (Wildman–Crippen LogP) is 2.49. The second-order valence-electron chi connectivity index (χ2n) is 4.54. The predicted molar refractivity (Wildman–Crippen MR) is 74.3 cm³/mol. The van der Waals surface area contributed by atoms with Crippen LogP contribution in [0.15, 0.2) is 30.3 Å². The van der Waals surface area contributed by atoms with Gasteiger partial charge >= 0.3 is 5.97 Å². The van der Waals surface area contributed by atoms with Gasteiger partial charge in [-0.25, -0.2) is 0 Å². The molecule has 1 atom stereocenters. The van der Waals surface area contributed by atoms with Gasteiger partial charge < -0.3 is 10.4 Å². The largest absolute Gasteiger partial charge is 0.481 e. The van der Waals surface area contributed by atoms with Crippen LogP contribution in [-0.2, 0) is 4.79 Å². The number of Topliss-reactive ketones (excluding diaryl/α,β-unsaturated/α-hetero) is 1. The maximum absolute atomic E-state index is 12.2. The van der Waals surface area contributed by atoms with E-state index in [4.69, 9.17) is 5.11 Å². The van der Waals surface area contributed by atoms with Gasteiger partial charge in [-0.2, -0.15) is 0 Å². The molecule has 104 valence electrons. The highest BCUT2D eigenvalue weighted by Crippen LogP contribution is 2.07. The van der Waals surface area contributed by atoms with Crippen molar-refractivity contribution in [2.75, 3.05) is 6.54 Å². The van der Waals surface area contributed by atoms with E-state index in [1.807, 2.05) is 6.07 Å². The van der Waals surface area contributed by atoms with E-state index in [0.29, 0.717) is 12.1 Å². The molecule has 0 saturated carbocycles. The average molecular weight is 263 g/mol. The summed E-state index contributed by atoms with van der Waals surface area (Å²) in [7, 11) is 0.